The molecule has 0 heterocycles. The lowest BCUT2D eigenvalue weighted by molar-refractivity contribution is 0.104. The second-order valence-electron chi connectivity index (χ2n) is 5.84. The van der Waals surface area contributed by atoms with Crippen molar-refractivity contribution in [3.63, 3.8) is 0 Å². The van der Waals surface area contributed by atoms with Gasteiger partial charge in [-0.05, 0) is 48.4 Å². The van der Waals surface area contributed by atoms with Gasteiger partial charge in [0.1, 0.15) is 0 Å². The van der Waals surface area contributed by atoms with E-state index in [0.717, 1.165) is 27.7 Å². The van der Waals surface area contributed by atoms with Crippen LogP contribution in [0.25, 0.3) is 10.8 Å². The third kappa shape index (κ3) is 3.66. The third-order valence-corrected chi connectivity index (χ3v) is 4.30. The maximum atomic E-state index is 12.5. The molecule has 0 atom stereocenters. The molecule has 0 aliphatic carbocycles. The number of rotatable bonds is 4. The standard InChI is InChI=1S/C21H18ClNO/c1-14-7-10-19(13-20(14)22)23-15(2)11-21(24)18-9-8-16-5-3-4-6-17(16)12-18/h3-13,23H,1-2H3/b15-11-. The Bertz CT molecular complexity index is 943. The number of fused-ring (bicyclic) bond motifs is 1. The van der Waals surface area contributed by atoms with E-state index < -0.39 is 0 Å². The molecule has 0 aliphatic heterocycles. The van der Waals surface area contributed by atoms with Crippen LogP contribution < -0.4 is 5.32 Å². The van der Waals surface area contributed by atoms with E-state index in [1.54, 1.807) is 6.08 Å². The summed E-state index contributed by atoms with van der Waals surface area (Å²) in [5.41, 5.74) is 3.34. The lowest BCUT2D eigenvalue weighted by Crippen LogP contribution is -2.01. The smallest absolute Gasteiger partial charge is 0.187 e. The molecule has 3 aromatic rings. The zero-order valence-electron chi connectivity index (χ0n) is 13.6. The highest BCUT2D eigenvalue weighted by atomic mass is 35.5. The fourth-order valence-corrected chi connectivity index (χ4v) is 2.74. The molecule has 0 unspecified atom stereocenters. The first-order valence-corrected chi connectivity index (χ1v) is 8.15. The SMILES string of the molecule is C/C(=C/C(=O)c1ccc2ccccc2c1)Nc1ccc(C)c(Cl)c1. The highest BCUT2D eigenvalue weighted by Gasteiger charge is 2.05. The Labute approximate surface area is 146 Å². The Morgan fingerprint density at radius 2 is 1.75 bits per heavy atom. The number of hydrogen-bond donors (Lipinski definition) is 1. The first kappa shape index (κ1) is 16.3. The van der Waals surface area contributed by atoms with Crippen molar-refractivity contribution < 1.29 is 4.79 Å². The van der Waals surface area contributed by atoms with Crippen LogP contribution in [0, 0.1) is 6.92 Å². The third-order valence-electron chi connectivity index (χ3n) is 3.89. The normalized spacial score (nSPS) is 11.5. The van der Waals surface area contributed by atoms with Crippen LogP contribution in [0.1, 0.15) is 22.8 Å². The van der Waals surface area contributed by atoms with Gasteiger partial charge in [-0.25, -0.2) is 0 Å². The Balaban J connectivity index is 1.80. The first-order chi connectivity index (χ1) is 11.5. The van der Waals surface area contributed by atoms with Gasteiger partial charge in [-0.1, -0.05) is 54.1 Å². The minimum Gasteiger partial charge on any atom is -0.359 e. The number of hydrogen-bond acceptors (Lipinski definition) is 2. The molecule has 0 radical (unpaired) electrons. The maximum absolute atomic E-state index is 12.5. The zero-order valence-corrected chi connectivity index (χ0v) is 14.4. The molecule has 0 spiro atoms. The van der Waals surface area contributed by atoms with E-state index in [9.17, 15) is 4.79 Å². The van der Waals surface area contributed by atoms with Gasteiger partial charge in [-0.2, -0.15) is 0 Å². The van der Waals surface area contributed by atoms with Crippen molar-refractivity contribution in [2.75, 3.05) is 5.32 Å². The molecule has 0 saturated heterocycles. The van der Waals surface area contributed by atoms with Gasteiger partial charge in [0, 0.05) is 28.0 Å². The predicted molar refractivity (Wildman–Crippen MR) is 102 cm³/mol. The van der Waals surface area contributed by atoms with E-state index in [0.29, 0.717) is 10.6 Å². The molecular formula is C21H18ClNO. The monoisotopic (exact) mass is 335 g/mol. The lowest BCUT2D eigenvalue weighted by atomic mass is 10.0. The van der Waals surface area contributed by atoms with Gasteiger partial charge in [-0.3, -0.25) is 4.79 Å². The summed E-state index contributed by atoms with van der Waals surface area (Å²) in [6.45, 7) is 3.82. The average molecular weight is 336 g/mol. The highest BCUT2D eigenvalue weighted by molar-refractivity contribution is 6.31. The molecule has 0 aromatic heterocycles. The molecule has 0 aliphatic rings. The molecule has 0 bridgehead atoms. The second kappa shape index (κ2) is 6.90. The van der Waals surface area contributed by atoms with Gasteiger partial charge in [0.05, 0.1) is 0 Å². The van der Waals surface area contributed by atoms with Crippen LogP contribution in [0.5, 0.6) is 0 Å². The fraction of sp³-hybridized carbons (Fsp3) is 0.0952. The van der Waals surface area contributed by atoms with Crippen molar-refractivity contribution in [2.45, 2.75) is 13.8 Å². The number of nitrogens with one attached hydrogen (secondary N) is 1. The summed E-state index contributed by atoms with van der Waals surface area (Å²) >= 11 is 6.13. The minimum absolute atomic E-state index is 0.0241. The summed E-state index contributed by atoms with van der Waals surface area (Å²) < 4.78 is 0. The summed E-state index contributed by atoms with van der Waals surface area (Å²) in [5, 5.41) is 6.10. The molecule has 0 fully saturated rings. The summed E-state index contributed by atoms with van der Waals surface area (Å²) in [6, 6.07) is 19.5. The number of aryl methyl sites for hydroxylation is 1. The van der Waals surface area contributed by atoms with E-state index in [-0.39, 0.29) is 5.78 Å². The first-order valence-electron chi connectivity index (χ1n) is 7.77. The average Bonchev–Trinajstić information content (AvgIpc) is 2.57. The van der Waals surface area contributed by atoms with Gasteiger partial charge in [0.2, 0.25) is 0 Å². The van der Waals surface area contributed by atoms with Crippen LogP contribution in [-0.2, 0) is 0 Å². The molecule has 1 N–H and O–H groups in total. The molecular weight excluding hydrogens is 318 g/mol. The Morgan fingerprint density at radius 3 is 2.50 bits per heavy atom. The Morgan fingerprint density at radius 1 is 1.00 bits per heavy atom. The van der Waals surface area contributed by atoms with Crippen molar-refractivity contribution in [1.29, 1.82) is 0 Å². The minimum atomic E-state index is -0.0241. The quantitative estimate of drug-likeness (QED) is 0.468. The van der Waals surface area contributed by atoms with Gasteiger partial charge >= 0.3 is 0 Å². The molecule has 2 nitrogen and oxygen atoms in total. The molecule has 0 saturated carbocycles. The topological polar surface area (TPSA) is 29.1 Å². The van der Waals surface area contributed by atoms with Crippen molar-refractivity contribution in [2.24, 2.45) is 0 Å². The van der Waals surface area contributed by atoms with Crippen molar-refractivity contribution >= 4 is 33.8 Å². The van der Waals surface area contributed by atoms with Crippen LogP contribution in [0.3, 0.4) is 0 Å². The van der Waals surface area contributed by atoms with Crippen LogP contribution in [0.15, 0.2) is 72.4 Å². The van der Waals surface area contributed by atoms with Crippen LogP contribution >= 0.6 is 11.6 Å². The molecule has 120 valence electrons. The molecule has 3 heteroatoms. The largest absolute Gasteiger partial charge is 0.359 e. The van der Waals surface area contributed by atoms with E-state index in [2.05, 4.69) is 5.32 Å². The highest BCUT2D eigenvalue weighted by Crippen LogP contribution is 2.21. The van der Waals surface area contributed by atoms with Gasteiger partial charge in [0.15, 0.2) is 5.78 Å². The number of allylic oxidation sites excluding steroid dienone is 2. The van der Waals surface area contributed by atoms with Crippen LogP contribution in [0.4, 0.5) is 5.69 Å². The Kier molecular flexibility index (Phi) is 4.68. The number of carbonyl (C=O) groups is 1. The lowest BCUT2D eigenvalue weighted by Gasteiger charge is -2.08. The number of anilines is 1. The van der Waals surface area contributed by atoms with E-state index in [1.165, 1.54) is 0 Å². The van der Waals surface area contributed by atoms with Crippen LogP contribution in [0.2, 0.25) is 5.02 Å². The van der Waals surface area contributed by atoms with Crippen molar-refractivity contribution in [1.82, 2.24) is 0 Å². The van der Waals surface area contributed by atoms with Crippen molar-refractivity contribution in [3.05, 3.63) is 88.6 Å². The zero-order chi connectivity index (χ0) is 17.1. The summed E-state index contributed by atoms with van der Waals surface area (Å²) in [6.07, 6.45) is 1.61. The van der Waals surface area contributed by atoms with Crippen LogP contribution in [-0.4, -0.2) is 5.78 Å². The molecule has 3 aromatic carbocycles. The van der Waals surface area contributed by atoms with E-state index in [4.69, 9.17) is 11.6 Å². The van der Waals surface area contributed by atoms with E-state index in [1.807, 2.05) is 74.5 Å². The fourth-order valence-electron chi connectivity index (χ4n) is 2.56. The summed E-state index contributed by atoms with van der Waals surface area (Å²) in [4.78, 5) is 12.5. The molecule has 24 heavy (non-hydrogen) atoms. The Hall–Kier alpha value is -2.58. The maximum Gasteiger partial charge on any atom is 0.187 e. The number of ketones is 1. The summed E-state index contributed by atoms with van der Waals surface area (Å²) in [5.74, 6) is -0.0241. The predicted octanol–water partition coefficient (Wildman–Crippen LogP) is 6.00. The number of benzene rings is 3. The van der Waals surface area contributed by atoms with E-state index >= 15 is 0 Å². The number of halogens is 1. The second-order valence-corrected chi connectivity index (χ2v) is 6.25. The van der Waals surface area contributed by atoms with Gasteiger partial charge in [0.25, 0.3) is 0 Å². The number of carbonyl (C=O) groups excluding carboxylic acids is 1. The summed E-state index contributed by atoms with van der Waals surface area (Å²) in [7, 11) is 0. The molecule has 0 amide bonds. The van der Waals surface area contributed by atoms with Crippen molar-refractivity contribution in [3.8, 4) is 0 Å². The van der Waals surface area contributed by atoms with Gasteiger partial charge < -0.3 is 5.32 Å². The molecule has 3 rings (SSSR count). The van der Waals surface area contributed by atoms with Gasteiger partial charge in [-0.15, -0.1) is 0 Å².